The molecule has 7 nitrogen and oxygen atoms in total. The molecule has 26 heavy (non-hydrogen) atoms. The monoisotopic (exact) mass is 368 g/mol. The van der Waals surface area contributed by atoms with Crippen LogP contribution in [0.4, 0.5) is 13.2 Å². The number of halogens is 3. The number of carboxylic acid groups (broad SMARTS) is 1. The first-order valence-electron chi connectivity index (χ1n) is 7.31. The number of rotatable bonds is 5. The number of benzene rings is 1. The van der Waals surface area contributed by atoms with Crippen molar-refractivity contribution in [3.8, 4) is 17.0 Å². The third kappa shape index (κ3) is 3.85. The van der Waals surface area contributed by atoms with Crippen molar-refractivity contribution in [1.82, 2.24) is 9.55 Å². The number of hydrogen-bond acceptors (Lipinski definition) is 5. The highest BCUT2D eigenvalue weighted by Crippen LogP contribution is 2.26. The molecule has 0 bridgehead atoms. The Morgan fingerprint density at radius 3 is 2.50 bits per heavy atom. The molecule has 0 unspecified atom stereocenters. The molecule has 1 N–H and O–H groups in total. The first-order chi connectivity index (χ1) is 12.2. The first kappa shape index (κ1) is 17.5. The molecule has 0 aliphatic carbocycles. The van der Waals surface area contributed by atoms with Gasteiger partial charge in [0.05, 0.1) is 12.1 Å². The number of aliphatic carboxylic acids is 1. The van der Waals surface area contributed by atoms with Gasteiger partial charge in [0, 0.05) is 12.1 Å². The molecule has 3 aromatic rings. The van der Waals surface area contributed by atoms with Crippen molar-refractivity contribution in [3.05, 3.63) is 46.9 Å². The van der Waals surface area contributed by atoms with Gasteiger partial charge in [-0.05, 0) is 36.4 Å². The average Bonchev–Trinajstić information content (AvgIpc) is 2.86. The van der Waals surface area contributed by atoms with Crippen molar-refractivity contribution >= 4 is 17.2 Å². The summed E-state index contributed by atoms with van der Waals surface area (Å²) in [6, 6.07) is 8.07. The van der Waals surface area contributed by atoms with Gasteiger partial charge in [0.2, 0.25) is 0 Å². The van der Waals surface area contributed by atoms with E-state index < -0.39 is 18.1 Å². The number of ether oxygens (including phenoxy) is 1. The van der Waals surface area contributed by atoms with Gasteiger partial charge < -0.3 is 14.3 Å². The van der Waals surface area contributed by atoms with E-state index in [1.54, 1.807) is 0 Å². The van der Waals surface area contributed by atoms with Crippen LogP contribution < -0.4 is 10.5 Å². The zero-order chi connectivity index (χ0) is 18.9. The number of carbonyl (C=O) groups is 1. The van der Waals surface area contributed by atoms with Gasteiger partial charge in [-0.3, -0.25) is 9.36 Å². The van der Waals surface area contributed by atoms with E-state index in [0.29, 0.717) is 11.3 Å². The quantitative estimate of drug-likeness (QED) is 0.744. The van der Waals surface area contributed by atoms with Crippen molar-refractivity contribution in [2.24, 2.45) is 0 Å². The lowest BCUT2D eigenvalue weighted by Gasteiger charge is -2.09. The van der Waals surface area contributed by atoms with Crippen LogP contribution in [0.1, 0.15) is 6.42 Å². The molecule has 0 radical (unpaired) electrons. The zero-order valence-electron chi connectivity index (χ0n) is 13.0. The lowest BCUT2D eigenvalue weighted by molar-refractivity contribution is -0.274. The normalized spacial score (nSPS) is 11.7. The Labute approximate surface area is 143 Å². The smallest absolute Gasteiger partial charge is 0.481 e. The average molecular weight is 368 g/mol. The number of carboxylic acids is 1. The fourth-order valence-corrected chi connectivity index (χ4v) is 2.34. The van der Waals surface area contributed by atoms with Gasteiger partial charge in [-0.2, -0.15) is 0 Å². The first-order valence-corrected chi connectivity index (χ1v) is 7.31. The van der Waals surface area contributed by atoms with Crippen molar-refractivity contribution in [3.63, 3.8) is 0 Å². The number of fused-ring (bicyclic) bond motifs is 1. The topological polar surface area (TPSA) is 94.6 Å². The van der Waals surface area contributed by atoms with Gasteiger partial charge in [0.15, 0.2) is 11.2 Å². The molecule has 0 spiro atoms. The molecule has 0 aliphatic heterocycles. The van der Waals surface area contributed by atoms with E-state index >= 15 is 0 Å². The predicted octanol–water partition coefficient (Wildman–Crippen LogP) is 3.03. The molecule has 0 atom stereocenters. The number of aromatic nitrogens is 2. The summed E-state index contributed by atoms with van der Waals surface area (Å²) in [6.07, 6.45) is -5.07. The van der Waals surface area contributed by atoms with Crippen molar-refractivity contribution in [1.29, 1.82) is 0 Å². The summed E-state index contributed by atoms with van der Waals surface area (Å²) in [5.74, 6) is -2.19. The van der Waals surface area contributed by atoms with Crippen LogP contribution in [-0.2, 0) is 11.3 Å². The highest BCUT2D eigenvalue weighted by Gasteiger charge is 2.31. The Morgan fingerprint density at radius 2 is 1.88 bits per heavy atom. The zero-order valence-corrected chi connectivity index (χ0v) is 13.0. The highest BCUT2D eigenvalue weighted by atomic mass is 19.4. The molecular weight excluding hydrogens is 357 g/mol. The summed E-state index contributed by atoms with van der Waals surface area (Å²) < 4.78 is 46.5. The Balaban J connectivity index is 1.94. The van der Waals surface area contributed by atoms with Crippen LogP contribution >= 0.6 is 0 Å². The minimum Gasteiger partial charge on any atom is -0.481 e. The van der Waals surface area contributed by atoms with Gasteiger partial charge in [-0.1, -0.05) is 0 Å². The maximum atomic E-state index is 12.2. The Hall–Kier alpha value is -3.30. The molecule has 0 saturated carbocycles. The van der Waals surface area contributed by atoms with Crippen LogP contribution in [0, 0.1) is 0 Å². The third-order valence-corrected chi connectivity index (χ3v) is 3.45. The van der Waals surface area contributed by atoms with Gasteiger partial charge in [-0.25, -0.2) is 9.78 Å². The number of hydrogen-bond donors (Lipinski definition) is 1. The van der Waals surface area contributed by atoms with Crippen molar-refractivity contribution in [2.75, 3.05) is 0 Å². The summed E-state index contributed by atoms with van der Waals surface area (Å²) in [6.45, 7) is -0.115. The van der Waals surface area contributed by atoms with Crippen LogP contribution in [0.2, 0.25) is 0 Å². The van der Waals surface area contributed by atoms with Gasteiger partial charge in [-0.15, -0.1) is 13.2 Å². The number of alkyl halides is 3. The van der Waals surface area contributed by atoms with Gasteiger partial charge in [0.25, 0.3) is 0 Å². The van der Waals surface area contributed by atoms with Crippen LogP contribution in [-0.4, -0.2) is 27.0 Å². The third-order valence-electron chi connectivity index (χ3n) is 3.45. The van der Waals surface area contributed by atoms with Crippen molar-refractivity contribution in [2.45, 2.75) is 19.3 Å². The van der Waals surface area contributed by atoms with Crippen LogP contribution in [0.5, 0.6) is 5.75 Å². The summed E-state index contributed by atoms with van der Waals surface area (Å²) in [4.78, 5) is 26.8. The summed E-state index contributed by atoms with van der Waals surface area (Å²) in [7, 11) is 0. The second kappa shape index (κ2) is 6.54. The largest absolute Gasteiger partial charge is 0.573 e. The van der Waals surface area contributed by atoms with Crippen LogP contribution in [0.3, 0.4) is 0 Å². The van der Waals surface area contributed by atoms with E-state index in [1.165, 1.54) is 24.3 Å². The van der Waals surface area contributed by atoms with E-state index in [1.807, 2.05) is 0 Å². The van der Waals surface area contributed by atoms with Crippen LogP contribution in [0.15, 0.2) is 45.6 Å². The van der Waals surface area contributed by atoms with E-state index in [2.05, 4.69) is 9.72 Å². The molecule has 1 aromatic carbocycles. The fourth-order valence-electron chi connectivity index (χ4n) is 2.34. The second-order valence-electron chi connectivity index (χ2n) is 5.25. The van der Waals surface area contributed by atoms with E-state index in [4.69, 9.17) is 9.52 Å². The highest BCUT2D eigenvalue weighted by molar-refractivity contribution is 5.74. The van der Waals surface area contributed by atoms with Crippen LogP contribution in [0.25, 0.3) is 22.5 Å². The lowest BCUT2D eigenvalue weighted by Crippen LogP contribution is -2.17. The molecule has 0 saturated heterocycles. The summed E-state index contributed by atoms with van der Waals surface area (Å²) >= 11 is 0. The molecule has 0 amide bonds. The minimum atomic E-state index is -4.78. The lowest BCUT2D eigenvalue weighted by atomic mass is 10.1. The number of aryl methyl sites for hydroxylation is 1. The SMILES string of the molecule is O=C(O)CCn1c(=O)oc2ccc(-c3ccc(OC(F)(F)F)cc3)nc21. The summed E-state index contributed by atoms with van der Waals surface area (Å²) in [5, 5.41) is 8.76. The van der Waals surface area contributed by atoms with Crippen molar-refractivity contribution < 1.29 is 32.2 Å². The standard InChI is InChI=1S/C16H11F3N2O5/c17-16(18,19)26-10-3-1-9(2-4-10)11-5-6-12-14(20-11)21(15(24)25-12)8-7-13(22)23/h1-6H,7-8H2,(H,22,23). The fraction of sp³-hybridized carbons (Fsp3) is 0.188. The number of nitrogens with zero attached hydrogens (tertiary/aromatic N) is 2. The molecular formula is C16H11F3N2O5. The number of pyridine rings is 1. The Bertz CT molecular complexity index is 1010. The molecule has 2 aromatic heterocycles. The molecule has 0 aliphatic rings. The van der Waals surface area contributed by atoms with E-state index in [-0.39, 0.29) is 29.9 Å². The van der Waals surface area contributed by atoms with Gasteiger partial charge >= 0.3 is 18.1 Å². The predicted molar refractivity (Wildman–Crippen MR) is 82.6 cm³/mol. The minimum absolute atomic E-state index is 0.115. The molecule has 2 heterocycles. The molecule has 3 rings (SSSR count). The van der Waals surface area contributed by atoms with Gasteiger partial charge in [0.1, 0.15) is 5.75 Å². The van der Waals surface area contributed by atoms with E-state index in [0.717, 1.165) is 16.7 Å². The molecule has 136 valence electrons. The number of oxazole rings is 1. The summed E-state index contributed by atoms with van der Waals surface area (Å²) in [5.41, 5.74) is 1.20. The maximum Gasteiger partial charge on any atom is 0.573 e. The maximum absolute atomic E-state index is 12.2. The Morgan fingerprint density at radius 1 is 1.19 bits per heavy atom. The molecule has 10 heteroatoms. The Kier molecular flexibility index (Phi) is 4.41. The van der Waals surface area contributed by atoms with E-state index in [9.17, 15) is 22.8 Å². The second-order valence-corrected chi connectivity index (χ2v) is 5.25. The molecule has 0 fully saturated rings.